The first-order valence-electron chi connectivity index (χ1n) is 10.4. The van der Waals surface area contributed by atoms with E-state index in [1.165, 1.54) is 24.6 Å². The van der Waals surface area contributed by atoms with Crippen molar-refractivity contribution in [2.45, 2.75) is 33.4 Å². The molecule has 33 heavy (non-hydrogen) atoms. The van der Waals surface area contributed by atoms with Gasteiger partial charge in [-0.3, -0.25) is 4.79 Å². The third-order valence-corrected chi connectivity index (χ3v) is 5.29. The van der Waals surface area contributed by atoms with E-state index < -0.39 is 6.36 Å². The Morgan fingerprint density at radius 2 is 1.58 bits per heavy atom. The summed E-state index contributed by atoms with van der Waals surface area (Å²) in [7, 11) is 0. The first kappa shape index (κ1) is 22.5. The van der Waals surface area contributed by atoms with Crippen molar-refractivity contribution < 1.29 is 27.4 Å². The molecular formula is C26H22F3NO3. The maximum absolute atomic E-state index is 12.4. The number of rotatable bonds is 6. The van der Waals surface area contributed by atoms with Crippen molar-refractivity contribution in [1.29, 1.82) is 0 Å². The van der Waals surface area contributed by atoms with Crippen LogP contribution in [0.25, 0.3) is 22.0 Å². The van der Waals surface area contributed by atoms with Crippen LogP contribution in [-0.2, 0) is 22.7 Å². The van der Waals surface area contributed by atoms with E-state index in [4.69, 9.17) is 4.74 Å². The molecule has 0 radical (unpaired) electrons. The molecule has 3 aromatic carbocycles. The highest BCUT2D eigenvalue weighted by atomic mass is 19.4. The van der Waals surface area contributed by atoms with Gasteiger partial charge in [0.15, 0.2) is 0 Å². The molecule has 0 aliphatic rings. The zero-order valence-corrected chi connectivity index (χ0v) is 18.1. The molecule has 0 spiro atoms. The van der Waals surface area contributed by atoms with E-state index in [0.717, 1.165) is 33.3 Å². The highest BCUT2D eigenvalue weighted by Crippen LogP contribution is 2.30. The molecule has 0 bridgehead atoms. The molecule has 1 aromatic heterocycles. The van der Waals surface area contributed by atoms with Crippen LogP contribution >= 0.6 is 0 Å². The minimum atomic E-state index is -4.72. The summed E-state index contributed by atoms with van der Waals surface area (Å²) in [6, 6.07) is 21.8. The molecule has 0 saturated heterocycles. The van der Waals surface area contributed by atoms with Gasteiger partial charge in [-0.15, -0.1) is 13.2 Å². The molecular weight excluding hydrogens is 431 g/mol. The average molecular weight is 453 g/mol. The second-order valence-electron chi connectivity index (χ2n) is 7.83. The van der Waals surface area contributed by atoms with Crippen LogP contribution in [0.15, 0.2) is 72.8 Å². The summed E-state index contributed by atoms with van der Waals surface area (Å²) < 4.78 is 48.5. The van der Waals surface area contributed by atoms with Gasteiger partial charge in [0.2, 0.25) is 0 Å². The van der Waals surface area contributed by atoms with Gasteiger partial charge in [0.1, 0.15) is 12.4 Å². The van der Waals surface area contributed by atoms with E-state index >= 15 is 0 Å². The van der Waals surface area contributed by atoms with Gasteiger partial charge in [-0.05, 0) is 53.9 Å². The van der Waals surface area contributed by atoms with Crippen molar-refractivity contribution in [3.8, 4) is 16.9 Å². The predicted molar refractivity (Wildman–Crippen MR) is 120 cm³/mol. The van der Waals surface area contributed by atoms with Gasteiger partial charge in [-0.1, -0.05) is 48.0 Å². The lowest BCUT2D eigenvalue weighted by Gasteiger charge is -2.12. The van der Waals surface area contributed by atoms with E-state index in [1.807, 2.05) is 31.2 Å². The second-order valence-corrected chi connectivity index (χ2v) is 7.83. The molecule has 0 aliphatic carbocycles. The average Bonchev–Trinajstić information content (AvgIpc) is 3.10. The summed E-state index contributed by atoms with van der Waals surface area (Å²) in [6.45, 7) is 4.17. The van der Waals surface area contributed by atoms with Gasteiger partial charge in [-0.2, -0.15) is 0 Å². The maximum atomic E-state index is 12.4. The van der Waals surface area contributed by atoms with E-state index in [2.05, 4.69) is 33.6 Å². The third kappa shape index (κ3) is 5.55. The van der Waals surface area contributed by atoms with Gasteiger partial charge in [0, 0.05) is 24.4 Å². The summed E-state index contributed by atoms with van der Waals surface area (Å²) in [5, 5.41) is 0.942. The fourth-order valence-corrected chi connectivity index (χ4v) is 3.71. The molecule has 0 amide bonds. The maximum Gasteiger partial charge on any atom is 0.573 e. The molecule has 0 fully saturated rings. The van der Waals surface area contributed by atoms with Gasteiger partial charge in [-0.25, -0.2) is 0 Å². The van der Waals surface area contributed by atoms with Crippen LogP contribution in [0.4, 0.5) is 13.2 Å². The number of fused-ring (bicyclic) bond motifs is 1. The Hall–Kier alpha value is -3.74. The Morgan fingerprint density at radius 3 is 2.21 bits per heavy atom. The number of hydrogen-bond donors (Lipinski definition) is 0. The Morgan fingerprint density at radius 1 is 0.909 bits per heavy atom. The minimum Gasteiger partial charge on any atom is -0.459 e. The van der Waals surface area contributed by atoms with Crippen LogP contribution in [0.5, 0.6) is 5.75 Å². The van der Waals surface area contributed by atoms with E-state index in [0.29, 0.717) is 6.54 Å². The van der Waals surface area contributed by atoms with Gasteiger partial charge in [0.25, 0.3) is 0 Å². The number of hydrogen-bond acceptors (Lipinski definition) is 3. The number of carbonyl (C=O) groups is 1. The number of esters is 1. The number of alkyl halides is 3. The number of aromatic nitrogens is 1. The van der Waals surface area contributed by atoms with Gasteiger partial charge < -0.3 is 14.0 Å². The highest BCUT2D eigenvalue weighted by Gasteiger charge is 2.31. The van der Waals surface area contributed by atoms with Crippen molar-refractivity contribution >= 4 is 16.9 Å². The zero-order chi connectivity index (χ0) is 23.6. The summed E-state index contributed by atoms with van der Waals surface area (Å²) in [5.74, 6) is -0.621. The molecule has 4 nitrogen and oxygen atoms in total. The van der Waals surface area contributed by atoms with Crippen LogP contribution in [-0.4, -0.2) is 16.9 Å². The molecule has 1 heterocycles. The van der Waals surface area contributed by atoms with Crippen molar-refractivity contribution in [1.82, 2.24) is 4.57 Å². The molecule has 170 valence electrons. The number of carbonyl (C=O) groups excluding carboxylic acids is 1. The third-order valence-electron chi connectivity index (χ3n) is 5.29. The lowest BCUT2D eigenvalue weighted by molar-refractivity contribution is -0.274. The van der Waals surface area contributed by atoms with Crippen LogP contribution in [0.3, 0.4) is 0 Å². The van der Waals surface area contributed by atoms with Crippen molar-refractivity contribution in [3.63, 3.8) is 0 Å². The Kier molecular flexibility index (Phi) is 6.14. The Bertz CT molecular complexity index is 1270. The van der Waals surface area contributed by atoms with Gasteiger partial charge >= 0.3 is 12.3 Å². The molecule has 0 saturated carbocycles. The second kappa shape index (κ2) is 9.02. The van der Waals surface area contributed by atoms with E-state index in [-0.39, 0.29) is 18.3 Å². The van der Waals surface area contributed by atoms with E-state index in [9.17, 15) is 18.0 Å². The number of nitrogens with zero attached hydrogens (tertiary/aromatic N) is 1. The molecule has 0 unspecified atom stereocenters. The molecule has 0 atom stereocenters. The lowest BCUT2D eigenvalue weighted by atomic mass is 10.0. The van der Waals surface area contributed by atoms with Crippen LogP contribution in [0, 0.1) is 6.92 Å². The fraction of sp³-hybridized carbons (Fsp3) is 0.192. The van der Waals surface area contributed by atoms with Crippen LogP contribution < -0.4 is 4.74 Å². The Balaban J connectivity index is 1.68. The minimum absolute atomic E-state index is 0.148. The van der Waals surface area contributed by atoms with E-state index in [1.54, 1.807) is 12.1 Å². The monoisotopic (exact) mass is 453 g/mol. The molecule has 4 aromatic rings. The largest absolute Gasteiger partial charge is 0.573 e. The summed E-state index contributed by atoms with van der Waals surface area (Å²) in [6.07, 6.45) is -4.72. The highest BCUT2D eigenvalue weighted by molar-refractivity contribution is 5.87. The molecule has 4 rings (SSSR count). The fourth-order valence-electron chi connectivity index (χ4n) is 3.71. The van der Waals surface area contributed by atoms with Crippen LogP contribution in [0.2, 0.25) is 0 Å². The summed E-state index contributed by atoms with van der Waals surface area (Å²) >= 11 is 0. The summed E-state index contributed by atoms with van der Waals surface area (Å²) in [5.41, 5.74) is 5.73. The van der Waals surface area contributed by atoms with Crippen molar-refractivity contribution in [2.75, 3.05) is 0 Å². The standard InChI is InChI=1S/C26H22F3NO3/c1-17-3-5-19(6-4-17)15-30-23(16-32-18(2)31)14-22-13-21(9-12-25(22)30)20-7-10-24(11-8-20)33-26(27,28)29/h3-14H,15-16H2,1-2H3. The zero-order valence-electron chi connectivity index (χ0n) is 18.1. The summed E-state index contributed by atoms with van der Waals surface area (Å²) in [4.78, 5) is 11.4. The van der Waals surface area contributed by atoms with Crippen LogP contribution in [0.1, 0.15) is 23.7 Å². The number of halogens is 3. The number of benzene rings is 3. The molecule has 0 aliphatic heterocycles. The normalized spacial score (nSPS) is 11.5. The first-order chi connectivity index (χ1) is 15.7. The smallest absolute Gasteiger partial charge is 0.459 e. The van der Waals surface area contributed by atoms with Crippen molar-refractivity contribution in [3.05, 3.63) is 89.6 Å². The molecule has 0 N–H and O–H groups in total. The first-order valence-corrected chi connectivity index (χ1v) is 10.4. The predicted octanol–water partition coefficient (Wildman–Crippen LogP) is 6.63. The lowest BCUT2D eigenvalue weighted by Crippen LogP contribution is -2.16. The SMILES string of the molecule is CC(=O)OCc1cc2cc(-c3ccc(OC(F)(F)F)cc3)ccc2n1Cc1ccc(C)cc1. The number of aryl methyl sites for hydroxylation is 1. The topological polar surface area (TPSA) is 40.5 Å². The van der Waals surface area contributed by atoms with Gasteiger partial charge in [0.05, 0.1) is 5.69 Å². The molecule has 7 heteroatoms. The Labute approximate surface area is 189 Å². The quantitative estimate of drug-likeness (QED) is 0.308. The number of ether oxygens (including phenoxy) is 2. The van der Waals surface area contributed by atoms with Crippen molar-refractivity contribution in [2.24, 2.45) is 0 Å².